The molecular weight excluding hydrogens is 338 g/mol. The van der Waals surface area contributed by atoms with E-state index in [1.54, 1.807) is 7.11 Å². The molecule has 4 rings (SSSR count). The van der Waals surface area contributed by atoms with E-state index >= 15 is 0 Å². The van der Waals surface area contributed by atoms with Crippen molar-refractivity contribution >= 4 is 22.4 Å². The van der Waals surface area contributed by atoms with Crippen molar-refractivity contribution in [2.45, 2.75) is 6.92 Å². The molecule has 5 nitrogen and oxygen atoms in total. The molecule has 2 aromatic carbocycles. The van der Waals surface area contributed by atoms with E-state index in [1.807, 2.05) is 43.3 Å². The maximum atomic E-state index is 13.0. The van der Waals surface area contributed by atoms with Gasteiger partial charge in [-0.3, -0.25) is 4.79 Å². The molecule has 2 N–H and O–H groups in total. The largest absolute Gasteiger partial charge is 0.497 e. The van der Waals surface area contributed by atoms with Crippen molar-refractivity contribution in [3.05, 3.63) is 59.8 Å². The number of hydrogen-bond acceptors (Lipinski definition) is 3. The molecule has 1 aliphatic heterocycles. The van der Waals surface area contributed by atoms with Gasteiger partial charge in [-0.1, -0.05) is 18.2 Å². The first-order chi connectivity index (χ1) is 13.2. The number of benzene rings is 2. The Morgan fingerprint density at radius 1 is 1.11 bits per heavy atom. The van der Waals surface area contributed by atoms with Crippen molar-refractivity contribution in [2.75, 3.05) is 44.7 Å². The molecule has 1 aromatic heterocycles. The Morgan fingerprint density at radius 3 is 2.52 bits per heavy atom. The lowest BCUT2D eigenvalue weighted by molar-refractivity contribution is -0.892. The van der Waals surface area contributed by atoms with Crippen LogP contribution >= 0.6 is 0 Å². The number of carbonyl (C=O) groups is 1. The average molecular weight is 364 g/mol. The molecule has 2 heterocycles. The van der Waals surface area contributed by atoms with Gasteiger partial charge in [-0.15, -0.1) is 0 Å². The summed E-state index contributed by atoms with van der Waals surface area (Å²) in [6.45, 7) is 6.41. The van der Waals surface area contributed by atoms with E-state index in [2.05, 4.69) is 22.0 Å². The normalized spacial score (nSPS) is 15.3. The Kier molecular flexibility index (Phi) is 4.86. The fourth-order valence-corrected chi connectivity index (χ4v) is 4.00. The highest BCUT2D eigenvalue weighted by molar-refractivity contribution is 6.09. The fourth-order valence-electron chi connectivity index (χ4n) is 4.00. The Labute approximate surface area is 159 Å². The Hall–Kier alpha value is -2.79. The van der Waals surface area contributed by atoms with Crippen molar-refractivity contribution in [3.63, 3.8) is 0 Å². The monoisotopic (exact) mass is 364 g/mol. The Morgan fingerprint density at radius 2 is 1.81 bits per heavy atom. The predicted molar refractivity (Wildman–Crippen MR) is 108 cm³/mol. The number of hydrogen-bond donors (Lipinski definition) is 2. The minimum atomic E-state index is 0.234. The van der Waals surface area contributed by atoms with Gasteiger partial charge in [0, 0.05) is 22.3 Å². The highest BCUT2D eigenvalue weighted by Crippen LogP contribution is 2.22. The molecule has 140 valence electrons. The van der Waals surface area contributed by atoms with Crippen LogP contribution in [-0.4, -0.2) is 50.6 Å². The number of aryl methyl sites for hydroxylation is 1. The molecule has 0 unspecified atom stereocenters. The average Bonchev–Trinajstić information content (AvgIpc) is 3.04. The molecule has 1 saturated heterocycles. The summed E-state index contributed by atoms with van der Waals surface area (Å²) >= 11 is 0. The third kappa shape index (κ3) is 3.55. The van der Waals surface area contributed by atoms with Crippen molar-refractivity contribution < 1.29 is 14.4 Å². The minimum absolute atomic E-state index is 0.234. The van der Waals surface area contributed by atoms with E-state index in [0.717, 1.165) is 54.1 Å². The smallest absolute Gasteiger partial charge is 0.219 e. The first-order valence-electron chi connectivity index (χ1n) is 9.49. The van der Waals surface area contributed by atoms with Crippen LogP contribution in [0.5, 0.6) is 5.75 Å². The summed E-state index contributed by atoms with van der Waals surface area (Å²) in [5, 5.41) is 1.04. The molecule has 0 aliphatic carbocycles. The van der Waals surface area contributed by atoms with Gasteiger partial charge in [0.25, 0.3) is 0 Å². The van der Waals surface area contributed by atoms with Gasteiger partial charge in [0.1, 0.15) is 12.3 Å². The zero-order valence-electron chi connectivity index (χ0n) is 15.9. The number of aromatic amines is 1. The predicted octanol–water partition coefficient (Wildman–Crippen LogP) is 2.07. The summed E-state index contributed by atoms with van der Waals surface area (Å²) in [6, 6.07) is 16.2. The van der Waals surface area contributed by atoms with E-state index < -0.39 is 0 Å². The molecule has 5 heteroatoms. The number of Topliss-reactive ketones (excluding diaryl/α,β-unsaturated/α-hetero) is 1. The molecule has 0 amide bonds. The summed E-state index contributed by atoms with van der Waals surface area (Å²) in [6.07, 6.45) is 0. The number of ketones is 1. The number of quaternary nitrogens is 1. The second kappa shape index (κ2) is 7.45. The molecule has 0 radical (unpaired) electrons. The first-order valence-corrected chi connectivity index (χ1v) is 9.49. The van der Waals surface area contributed by atoms with Crippen molar-refractivity contribution in [2.24, 2.45) is 0 Å². The molecule has 0 spiro atoms. The lowest BCUT2D eigenvalue weighted by Gasteiger charge is -2.33. The van der Waals surface area contributed by atoms with Crippen LogP contribution in [0.3, 0.4) is 0 Å². The van der Waals surface area contributed by atoms with Gasteiger partial charge in [-0.05, 0) is 37.3 Å². The second-order valence-corrected chi connectivity index (χ2v) is 7.21. The molecule has 0 bridgehead atoms. The molecule has 1 fully saturated rings. The lowest BCUT2D eigenvalue weighted by atomic mass is 10.1. The summed E-state index contributed by atoms with van der Waals surface area (Å²) < 4.78 is 5.23. The number of aromatic nitrogens is 1. The minimum Gasteiger partial charge on any atom is -0.497 e. The molecule has 3 aromatic rings. The van der Waals surface area contributed by atoms with Crippen LogP contribution in [-0.2, 0) is 0 Å². The number of methoxy groups -OCH3 is 1. The number of fused-ring (bicyclic) bond motifs is 1. The van der Waals surface area contributed by atoms with Gasteiger partial charge in [0.2, 0.25) is 5.78 Å². The van der Waals surface area contributed by atoms with Crippen LogP contribution in [0.1, 0.15) is 16.1 Å². The van der Waals surface area contributed by atoms with Gasteiger partial charge in [-0.2, -0.15) is 0 Å². The van der Waals surface area contributed by atoms with Crippen molar-refractivity contribution in [1.29, 1.82) is 0 Å². The SMILES string of the molecule is COc1ccc(N2CC[NH+](CC(=O)c3c(C)[nH]c4ccccc34)CC2)cc1. The van der Waals surface area contributed by atoms with Gasteiger partial charge in [0.05, 0.1) is 38.9 Å². The summed E-state index contributed by atoms with van der Waals surface area (Å²) in [5.41, 5.74) is 4.08. The van der Waals surface area contributed by atoms with E-state index in [1.165, 1.54) is 10.6 Å². The fraction of sp³-hybridized carbons (Fsp3) is 0.318. The zero-order valence-corrected chi connectivity index (χ0v) is 15.9. The highest BCUT2D eigenvalue weighted by Gasteiger charge is 2.25. The van der Waals surface area contributed by atoms with E-state index in [-0.39, 0.29) is 5.78 Å². The standard InChI is InChI=1S/C22H25N3O2/c1-16-22(19-5-3-4-6-20(19)23-16)21(26)15-24-11-13-25(14-12-24)17-7-9-18(27-2)10-8-17/h3-10,23H,11-15H2,1-2H3/p+1. The number of rotatable bonds is 5. The Bertz CT molecular complexity index is 938. The molecule has 27 heavy (non-hydrogen) atoms. The van der Waals surface area contributed by atoms with E-state index in [4.69, 9.17) is 4.74 Å². The van der Waals surface area contributed by atoms with Gasteiger partial charge >= 0.3 is 0 Å². The maximum Gasteiger partial charge on any atom is 0.219 e. The van der Waals surface area contributed by atoms with Gasteiger partial charge in [-0.25, -0.2) is 0 Å². The number of H-pyrrole nitrogens is 1. The topological polar surface area (TPSA) is 49.8 Å². The van der Waals surface area contributed by atoms with E-state index in [0.29, 0.717) is 6.54 Å². The second-order valence-electron chi connectivity index (χ2n) is 7.21. The summed E-state index contributed by atoms with van der Waals surface area (Å²) in [7, 11) is 1.68. The number of piperazine rings is 1. The number of carbonyl (C=O) groups excluding carboxylic acids is 1. The van der Waals surface area contributed by atoms with Crippen LogP contribution in [0.2, 0.25) is 0 Å². The lowest BCUT2D eigenvalue weighted by Crippen LogP contribution is -3.15. The number of anilines is 1. The number of ether oxygens (including phenoxy) is 1. The van der Waals surface area contributed by atoms with Gasteiger partial charge < -0.3 is 19.5 Å². The van der Waals surface area contributed by atoms with Crippen molar-refractivity contribution in [3.8, 4) is 5.75 Å². The van der Waals surface area contributed by atoms with Crippen molar-refractivity contribution in [1.82, 2.24) is 4.98 Å². The van der Waals surface area contributed by atoms with Crippen LogP contribution in [0.4, 0.5) is 5.69 Å². The summed E-state index contributed by atoms with van der Waals surface area (Å²) in [4.78, 5) is 20.0. The third-order valence-corrected chi connectivity index (χ3v) is 5.49. The van der Waals surface area contributed by atoms with Crippen LogP contribution in [0.25, 0.3) is 10.9 Å². The van der Waals surface area contributed by atoms with Crippen LogP contribution in [0, 0.1) is 6.92 Å². The molecule has 1 aliphatic rings. The molecule has 0 atom stereocenters. The quantitative estimate of drug-likeness (QED) is 0.682. The van der Waals surface area contributed by atoms with Crippen LogP contribution in [0.15, 0.2) is 48.5 Å². The zero-order chi connectivity index (χ0) is 18.8. The number of nitrogens with zero attached hydrogens (tertiary/aromatic N) is 1. The third-order valence-electron chi connectivity index (χ3n) is 5.49. The van der Waals surface area contributed by atoms with Crippen LogP contribution < -0.4 is 14.5 Å². The highest BCUT2D eigenvalue weighted by atomic mass is 16.5. The first kappa shape index (κ1) is 17.6. The van der Waals surface area contributed by atoms with E-state index in [9.17, 15) is 4.79 Å². The van der Waals surface area contributed by atoms with Gasteiger partial charge in [0.15, 0.2) is 0 Å². The number of nitrogens with one attached hydrogen (secondary N) is 2. The maximum absolute atomic E-state index is 13.0. The number of para-hydroxylation sites is 1. The Balaban J connectivity index is 1.40. The molecule has 0 saturated carbocycles. The summed E-state index contributed by atoms with van der Waals surface area (Å²) in [5.74, 6) is 1.11. The molecular formula is C22H26N3O2+.